The third kappa shape index (κ3) is 4.46. The van der Waals surface area contributed by atoms with Crippen molar-refractivity contribution in [2.45, 2.75) is 26.1 Å². The number of carboxylic acids is 1. The van der Waals surface area contributed by atoms with E-state index in [1.807, 2.05) is 0 Å². The average Bonchev–Trinajstić information content (AvgIpc) is 3.37. The van der Waals surface area contributed by atoms with Crippen LogP contribution in [0, 0.1) is 6.92 Å². The molecule has 0 bridgehead atoms. The number of nitrogens with zero attached hydrogens (tertiary/aromatic N) is 4. The standard InChI is InChI=1S/C20H13Cl2F3N4O4/c1-8-3-11(12(21)5-15(8)32-9(2)19(30)31)16-27-18(33-28-16)14-7-29-6-10(20(23,24)25)4-13(22)17(29)26-14/h3-7,9H,1-2H3,(H,30,31). The summed E-state index contributed by atoms with van der Waals surface area (Å²) in [4.78, 5) is 19.4. The maximum atomic E-state index is 13.0. The number of fused-ring (bicyclic) bond motifs is 1. The van der Waals surface area contributed by atoms with Gasteiger partial charge in [-0.3, -0.25) is 0 Å². The Morgan fingerprint density at radius 3 is 2.58 bits per heavy atom. The molecule has 172 valence electrons. The van der Waals surface area contributed by atoms with Crippen molar-refractivity contribution in [3.8, 4) is 28.7 Å². The van der Waals surface area contributed by atoms with Crippen LogP contribution in [0.5, 0.6) is 5.75 Å². The van der Waals surface area contributed by atoms with Gasteiger partial charge in [-0.2, -0.15) is 18.2 Å². The van der Waals surface area contributed by atoms with Gasteiger partial charge < -0.3 is 18.8 Å². The second kappa shape index (κ2) is 8.23. The molecule has 4 aromatic rings. The van der Waals surface area contributed by atoms with Gasteiger partial charge in [-0.15, -0.1) is 0 Å². The summed E-state index contributed by atoms with van der Waals surface area (Å²) in [5.41, 5.74) is 0.214. The van der Waals surface area contributed by atoms with Crippen LogP contribution in [0.3, 0.4) is 0 Å². The third-order valence-electron chi connectivity index (χ3n) is 4.64. The molecule has 1 aromatic carbocycles. The van der Waals surface area contributed by atoms with Gasteiger partial charge in [0.15, 0.2) is 11.8 Å². The fourth-order valence-electron chi connectivity index (χ4n) is 2.95. The minimum absolute atomic E-state index is 0.0631. The number of imidazole rings is 1. The highest BCUT2D eigenvalue weighted by Crippen LogP contribution is 2.35. The maximum Gasteiger partial charge on any atom is 0.417 e. The number of carbonyl (C=O) groups is 1. The summed E-state index contributed by atoms with van der Waals surface area (Å²) in [6, 6.07) is 3.81. The molecule has 13 heteroatoms. The number of ether oxygens (including phenoxy) is 1. The van der Waals surface area contributed by atoms with Crippen molar-refractivity contribution in [3.05, 3.63) is 51.8 Å². The first-order chi connectivity index (χ1) is 15.4. The van der Waals surface area contributed by atoms with E-state index in [1.165, 1.54) is 19.2 Å². The summed E-state index contributed by atoms with van der Waals surface area (Å²) in [7, 11) is 0. The van der Waals surface area contributed by atoms with Gasteiger partial charge in [-0.1, -0.05) is 28.4 Å². The lowest BCUT2D eigenvalue weighted by atomic mass is 10.1. The second-order valence-electron chi connectivity index (χ2n) is 7.05. The van der Waals surface area contributed by atoms with E-state index in [-0.39, 0.29) is 38.9 Å². The zero-order valence-corrected chi connectivity index (χ0v) is 18.3. The zero-order valence-electron chi connectivity index (χ0n) is 16.8. The number of halogens is 5. The molecule has 4 rings (SSSR count). The summed E-state index contributed by atoms with van der Waals surface area (Å²) < 4.78 is 50.8. The molecule has 33 heavy (non-hydrogen) atoms. The third-order valence-corrected chi connectivity index (χ3v) is 5.23. The Labute approximate surface area is 193 Å². The molecule has 0 aliphatic rings. The minimum Gasteiger partial charge on any atom is -0.479 e. The number of aliphatic carboxylic acids is 1. The smallest absolute Gasteiger partial charge is 0.417 e. The number of alkyl halides is 3. The molecule has 0 amide bonds. The SMILES string of the molecule is Cc1cc(-c2noc(-c3cn4cc(C(F)(F)F)cc(Cl)c4n3)n2)c(Cl)cc1OC(C)C(=O)O. The zero-order chi connectivity index (χ0) is 24.1. The number of carboxylic acid groups (broad SMARTS) is 1. The van der Waals surface area contributed by atoms with E-state index in [0.717, 1.165) is 16.7 Å². The molecule has 1 N–H and O–H groups in total. The number of hydrogen-bond donors (Lipinski definition) is 1. The highest BCUT2D eigenvalue weighted by molar-refractivity contribution is 6.33. The minimum atomic E-state index is -4.58. The Bertz CT molecular complexity index is 1380. The van der Waals surface area contributed by atoms with Crippen LogP contribution >= 0.6 is 23.2 Å². The van der Waals surface area contributed by atoms with Crippen molar-refractivity contribution in [2.24, 2.45) is 0 Å². The first kappa shape index (κ1) is 22.9. The molecule has 0 radical (unpaired) electrons. The first-order valence-electron chi connectivity index (χ1n) is 9.23. The fourth-order valence-corrected chi connectivity index (χ4v) is 3.45. The molecule has 1 atom stereocenters. The van der Waals surface area contributed by atoms with E-state index in [2.05, 4.69) is 15.1 Å². The number of rotatable bonds is 5. The van der Waals surface area contributed by atoms with Crippen molar-refractivity contribution >= 4 is 34.8 Å². The Morgan fingerprint density at radius 1 is 1.18 bits per heavy atom. The van der Waals surface area contributed by atoms with Crippen LogP contribution in [-0.4, -0.2) is 36.7 Å². The van der Waals surface area contributed by atoms with E-state index >= 15 is 0 Å². The monoisotopic (exact) mass is 500 g/mol. The molecule has 0 fully saturated rings. The highest BCUT2D eigenvalue weighted by Gasteiger charge is 2.32. The van der Waals surface area contributed by atoms with Crippen LogP contribution in [0.4, 0.5) is 13.2 Å². The molecule has 8 nitrogen and oxygen atoms in total. The van der Waals surface area contributed by atoms with Gasteiger partial charge in [-0.05, 0) is 37.6 Å². The molecule has 0 saturated heterocycles. The van der Waals surface area contributed by atoms with Crippen LogP contribution in [0.25, 0.3) is 28.6 Å². The molecular formula is C20H13Cl2F3N4O4. The molecule has 3 heterocycles. The van der Waals surface area contributed by atoms with Gasteiger partial charge in [-0.25, -0.2) is 9.78 Å². The second-order valence-corrected chi connectivity index (χ2v) is 7.86. The summed E-state index contributed by atoms with van der Waals surface area (Å²) in [6.07, 6.45) is -3.52. The molecular weight excluding hydrogens is 488 g/mol. The van der Waals surface area contributed by atoms with Gasteiger partial charge in [0.1, 0.15) is 11.4 Å². The average molecular weight is 501 g/mol. The molecule has 1 unspecified atom stereocenters. The van der Waals surface area contributed by atoms with Crippen molar-refractivity contribution in [1.29, 1.82) is 0 Å². The Kier molecular flexibility index (Phi) is 5.71. The van der Waals surface area contributed by atoms with Gasteiger partial charge in [0.25, 0.3) is 5.89 Å². The highest BCUT2D eigenvalue weighted by atomic mass is 35.5. The van der Waals surface area contributed by atoms with E-state index < -0.39 is 23.8 Å². The van der Waals surface area contributed by atoms with Gasteiger partial charge in [0.2, 0.25) is 5.82 Å². The number of aryl methyl sites for hydroxylation is 1. The topological polar surface area (TPSA) is 103 Å². The largest absolute Gasteiger partial charge is 0.479 e. The van der Waals surface area contributed by atoms with Crippen molar-refractivity contribution in [2.75, 3.05) is 0 Å². The predicted octanol–water partition coefficient (Wildman–Crippen LogP) is 5.54. The van der Waals surface area contributed by atoms with Gasteiger partial charge in [0.05, 0.1) is 15.6 Å². The molecule has 3 aromatic heterocycles. The van der Waals surface area contributed by atoms with Crippen LogP contribution < -0.4 is 4.74 Å². The first-order valence-corrected chi connectivity index (χ1v) is 9.99. The lowest BCUT2D eigenvalue weighted by Crippen LogP contribution is -2.23. The quantitative estimate of drug-likeness (QED) is 0.383. The fraction of sp³-hybridized carbons (Fsp3) is 0.200. The van der Waals surface area contributed by atoms with Crippen LogP contribution in [0.15, 0.2) is 35.1 Å². The van der Waals surface area contributed by atoms with Crippen molar-refractivity contribution in [3.63, 3.8) is 0 Å². The lowest BCUT2D eigenvalue weighted by Gasteiger charge is -2.14. The van der Waals surface area contributed by atoms with E-state index in [9.17, 15) is 18.0 Å². The van der Waals surface area contributed by atoms with Crippen LogP contribution in [-0.2, 0) is 11.0 Å². The normalized spacial score (nSPS) is 12.8. The number of aromatic nitrogens is 4. The van der Waals surface area contributed by atoms with Crippen LogP contribution in [0.1, 0.15) is 18.1 Å². The Hall–Kier alpha value is -3.31. The molecule has 0 aliphatic carbocycles. The predicted molar refractivity (Wildman–Crippen MR) is 111 cm³/mol. The summed E-state index contributed by atoms with van der Waals surface area (Å²) in [5, 5.41) is 12.9. The summed E-state index contributed by atoms with van der Waals surface area (Å²) in [5.74, 6) is -0.827. The number of benzene rings is 1. The van der Waals surface area contributed by atoms with E-state index in [1.54, 1.807) is 13.0 Å². The van der Waals surface area contributed by atoms with Crippen LogP contribution in [0.2, 0.25) is 10.0 Å². The van der Waals surface area contributed by atoms with E-state index in [4.69, 9.17) is 37.6 Å². The van der Waals surface area contributed by atoms with Crippen molar-refractivity contribution < 1.29 is 32.3 Å². The van der Waals surface area contributed by atoms with E-state index in [0.29, 0.717) is 11.1 Å². The van der Waals surface area contributed by atoms with Crippen molar-refractivity contribution in [1.82, 2.24) is 19.5 Å². The molecule has 0 saturated carbocycles. The van der Waals surface area contributed by atoms with Gasteiger partial charge in [0, 0.05) is 18.0 Å². The molecule has 0 spiro atoms. The Balaban J connectivity index is 1.68. The Morgan fingerprint density at radius 2 is 1.91 bits per heavy atom. The van der Waals surface area contributed by atoms with Gasteiger partial charge >= 0.3 is 12.1 Å². The lowest BCUT2D eigenvalue weighted by molar-refractivity contribution is -0.144. The number of hydrogen-bond acceptors (Lipinski definition) is 6. The number of pyridine rings is 1. The maximum absolute atomic E-state index is 13.0. The summed E-state index contributed by atoms with van der Waals surface area (Å²) in [6.45, 7) is 3.07. The molecule has 0 aliphatic heterocycles. The summed E-state index contributed by atoms with van der Waals surface area (Å²) >= 11 is 12.3.